The van der Waals surface area contributed by atoms with Gasteiger partial charge in [0.05, 0.1) is 6.61 Å². The van der Waals surface area contributed by atoms with E-state index in [1.165, 1.54) is 0 Å². The molecule has 1 unspecified atom stereocenters. The second kappa shape index (κ2) is 5.80. The molecule has 17 heavy (non-hydrogen) atoms. The zero-order chi connectivity index (χ0) is 12.9. The lowest BCUT2D eigenvalue weighted by atomic mass is 9.91. The number of carbonyl (C=O) groups excluding carboxylic acids is 1. The Balaban J connectivity index is 2.93. The molecule has 0 saturated heterocycles. The highest BCUT2D eigenvalue weighted by Crippen LogP contribution is 2.20. The summed E-state index contributed by atoms with van der Waals surface area (Å²) in [5, 5.41) is 8.92. The Hall–Kier alpha value is -1.39. The van der Waals surface area contributed by atoms with Crippen molar-refractivity contribution >= 4 is 5.91 Å². The second-order valence-electron chi connectivity index (χ2n) is 4.18. The van der Waals surface area contributed by atoms with Gasteiger partial charge in [0.2, 0.25) is 5.91 Å². The largest absolute Gasteiger partial charge is 0.395 e. The van der Waals surface area contributed by atoms with Gasteiger partial charge in [-0.2, -0.15) is 0 Å². The average Bonchev–Trinajstić information content (AvgIpc) is 2.36. The number of aliphatic hydroxyl groups excluding tert-OH is 1. The van der Waals surface area contributed by atoms with E-state index >= 15 is 0 Å². The Morgan fingerprint density at radius 2 is 2.00 bits per heavy atom. The number of nitrogens with two attached hydrogens (primary N) is 1. The van der Waals surface area contributed by atoms with E-state index in [9.17, 15) is 4.79 Å². The van der Waals surface area contributed by atoms with Crippen LogP contribution >= 0.6 is 0 Å². The van der Waals surface area contributed by atoms with Gasteiger partial charge < -0.3 is 15.7 Å². The van der Waals surface area contributed by atoms with Crippen molar-refractivity contribution in [3.05, 3.63) is 35.9 Å². The molecule has 1 atom stereocenters. The number of carbonyl (C=O) groups is 1. The summed E-state index contributed by atoms with van der Waals surface area (Å²) in [6, 6.07) is 9.27. The fraction of sp³-hybridized carbons (Fsp3) is 0.462. The normalized spacial score (nSPS) is 14.1. The minimum Gasteiger partial charge on any atom is -0.395 e. The maximum Gasteiger partial charge on any atom is 0.247 e. The van der Waals surface area contributed by atoms with Crippen molar-refractivity contribution in [3.8, 4) is 0 Å². The molecular weight excluding hydrogens is 216 g/mol. The van der Waals surface area contributed by atoms with Crippen molar-refractivity contribution in [3.63, 3.8) is 0 Å². The SMILES string of the molecule is CCN(CCO)C(=O)C(C)(N)c1ccccc1. The number of rotatable bonds is 5. The molecule has 1 aromatic carbocycles. The minimum atomic E-state index is -1.05. The Morgan fingerprint density at radius 1 is 1.41 bits per heavy atom. The van der Waals surface area contributed by atoms with Crippen LogP contribution in [0.15, 0.2) is 30.3 Å². The minimum absolute atomic E-state index is 0.0511. The highest BCUT2D eigenvalue weighted by Gasteiger charge is 2.33. The number of hydrogen-bond donors (Lipinski definition) is 2. The van der Waals surface area contributed by atoms with E-state index in [0.29, 0.717) is 13.1 Å². The van der Waals surface area contributed by atoms with E-state index in [2.05, 4.69) is 0 Å². The molecule has 0 spiro atoms. The first-order valence-electron chi connectivity index (χ1n) is 5.78. The molecule has 0 fully saturated rings. The van der Waals surface area contributed by atoms with E-state index in [0.717, 1.165) is 5.56 Å². The first kappa shape index (κ1) is 13.7. The maximum atomic E-state index is 12.3. The molecule has 0 saturated carbocycles. The van der Waals surface area contributed by atoms with Crippen molar-refractivity contribution in [1.82, 2.24) is 4.90 Å². The Kier molecular flexibility index (Phi) is 4.66. The molecule has 0 radical (unpaired) electrons. The van der Waals surface area contributed by atoms with Gasteiger partial charge in [0, 0.05) is 13.1 Å². The summed E-state index contributed by atoms with van der Waals surface area (Å²) in [7, 11) is 0. The number of nitrogens with zero attached hydrogens (tertiary/aromatic N) is 1. The summed E-state index contributed by atoms with van der Waals surface area (Å²) in [5.74, 6) is -0.166. The number of benzene rings is 1. The lowest BCUT2D eigenvalue weighted by molar-refractivity contribution is -0.137. The van der Waals surface area contributed by atoms with Crippen molar-refractivity contribution < 1.29 is 9.90 Å². The van der Waals surface area contributed by atoms with Crippen LogP contribution in [-0.4, -0.2) is 35.6 Å². The van der Waals surface area contributed by atoms with Gasteiger partial charge in [-0.25, -0.2) is 0 Å². The highest BCUT2D eigenvalue weighted by molar-refractivity contribution is 5.87. The van der Waals surface area contributed by atoms with Gasteiger partial charge in [-0.1, -0.05) is 30.3 Å². The van der Waals surface area contributed by atoms with Crippen LogP contribution in [0.4, 0.5) is 0 Å². The lowest BCUT2D eigenvalue weighted by Gasteiger charge is -2.31. The van der Waals surface area contributed by atoms with Gasteiger partial charge in [-0.05, 0) is 19.4 Å². The van der Waals surface area contributed by atoms with Crippen molar-refractivity contribution in [2.24, 2.45) is 5.73 Å². The summed E-state index contributed by atoms with van der Waals surface area (Å²) in [6.07, 6.45) is 0. The van der Waals surface area contributed by atoms with E-state index in [-0.39, 0.29) is 12.5 Å². The molecule has 4 heteroatoms. The fourth-order valence-corrected chi connectivity index (χ4v) is 1.76. The third-order valence-electron chi connectivity index (χ3n) is 2.86. The molecular formula is C13H20N2O2. The first-order valence-corrected chi connectivity index (χ1v) is 5.78. The van der Waals surface area contributed by atoms with Crippen LogP contribution in [0.1, 0.15) is 19.4 Å². The van der Waals surface area contributed by atoms with E-state index < -0.39 is 5.54 Å². The van der Waals surface area contributed by atoms with Crippen LogP contribution in [0, 0.1) is 0 Å². The zero-order valence-electron chi connectivity index (χ0n) is 10.4. The molecule has 4 nitrogen and oxygen atoms in total. The number of aliphatic hydroxyl groups is 1. The van der Waals surface area contributed by atoms with Crippen molar-refractivity contribution in [2.75, 3.05) is 19.7 Å². The molecule has 0 bridgehead atoms. The standard InChI is InChI=1S/C13H20N2O2/c1-3-15(9-10-16)12(17)13(2,14)11-7-5-4-6-8-11/h4-8,16H,3,9-10,14H2,1-2H3. The summed E-state index contributed by atoms with van der Waals surface area (Å²) in [5.41, 5.74) is 5.85. The predicted octanol–water partition coefficient (Wildman–Crippen LogP) is 0.701. The van der Waals surface area contributed by atoms with Crippen molar-refractivity contribution in [1.29, 1.82) is 0 Å². The molecule has 3 N–H and O–H groups in total. The zero-order valence-corrected chi connectivity index (χ0v) is 10.4. The lowest BCUT2D eigenvalue weighted by Crippen LogP contribution is -2.51. The van der Waals surface area contributed by atoms with Gasteiger partial charge in [-0.3, -0.25) is 4.79 Å². The van der Waals surface area contributed by atoms with E-state index in [4.69, 9.17) is 10.8 Å². The predicted molar refractivity (Wildman–Crippen MR) is 67.3 cm³/mol. The first-order chi connectivity index (χ1) is 8.04. The second-order valence-corrected chi connectivity index (χ2v) is 4.18. The average molecular weight is 236 g/mol. The van der Waals surface area contributed by atoms with Crippen molar-refractivity contribution in [2.45, 2.75) is 19.4 Å². The van der Waals surface area contributed by atoms with Crippen LogP contribution in [-0.2, 0) is 10.3 Å². The quantitative estimate of drug-likeness (QED) is 0.791. The summed E-state index contributed by atoms with van der Waals surface area (Å²) >= 11 is 0. The van der Waals surface area contributed by atoms with E-state index in [1.54, 1.807) is 11.8 Å². The maximum absolute atomic E-state index is 12.3. The Morgan fingerprint density at radius 3 is 2.47 bits per heavy atom. The smallest absolute Gasteiger partial charge is 0.247 e. The van der Waals surface area contributed by atoms with Crippen LogP contribution in [0.25, 0.3) is 0 Å². The number of likely N-dealkylation sites (N-methyl/N-ethyl adjacent to an activating group) is 1. The Bertz CT molecular complexity index is 363. The molecule has 0 aromatic heterocycles. The van der Waals surface area contributed by atoms with Gasteiger partial charge in [0.25, 0.3) is 0 Å². The van der Waals surface area contributed by atoms with Gasteiger partial charge in [0.1, 0.15) is 5.54 Å². The van der Waals surface area contributed by atoms with Gasteiger partial charge >= 0.3 is 0 Å². The van der Waals surface area contributed by atoms with Crippen LogP contribution in [0.3, 0.4) is 0 Å². The summed E-state index contributed by atoms with van der Waals surface area (Å²) in [6.45, 7) is 4.37. The van der Waals surface area contributed by atoms with Crippen LogP contribution < -0.4 is 5.73 Å². The summed E-state index contributed by atoms with van der Waals surface area (Å²) < 4.78 is 0. The Labute approximate surface area is 102 Å². The van der Waals surface area contributed by atoms with E-state index in [1.807, 2.05) is 37.3 Å². The monoisotopic (exact) mass is 236 g/mol. The fourth-order valence-electron chi connectivity index (χ4n) is 1.76. The third-order valence-corrected chi connectivity index (χ3v) is 2.86. The highest BCUT2D eigenvalue weighted by atomic mass is 16.3. The molecule has 1 amide bonds. The van der Waals surface area contributed by atoms with Crippen LogP contribution in [0.5, 0.6) is 0 Å². The number of amides is 1. The topological polar surface area (TPSA) is 66.6 Å². The number of hydrogen-bond acceptors (Lipinski definition) is 3. The third kappa shape index (κ3) is 3.05. The van der Waals surface area contributed by atoms with Gasteiger partial charge in [0.15, 0.2) is 0 Å². The molecule has 0 aliphatic rings. The molecule has 0 heterocycles. The molecule has 1 rings (SSSR count). The summed E-state index contributed by atoms with van der Waals surface area (Å²) in [4.78, 5) is 13.8. The molecule has 94 valence electrons. The molecule has 1 aromatic rings. The van der Waals surface area contributed by atoms with Crippen LogP contribution in [0.2, 0.25) is 0 Å². The molecule has 0 aliphatic heterocycles. The van der Waals surface area contributed by atoms with Gasteiger partial charge in [-0.15, -0.1) is 0 Å². The molecule has 0 aliphatic carbocycles.